The first-order valence-corrected chi connectivity index (χ1v) is 10.5. The van der Waals surface area contributed by atoms with Gasteiger partial charge < -0.3 is 5.11 Å². The van der Waals surface area contributed by atoms with Crippen molar-refractivity contribution in [1.29, 1.82) is 0 Å². The second kappa shape index (κ2) is 8.31. The fraction of sp³-hybridized carbons (Fsp3) is 0.636. The molecule has 6 nitrogen and oxygen atoms in total. The number of nitrogens with zero attached hydrogens (tertiary/aromatic N) is 5. The van der Waals surface area contributed by atoms with Crippen LogP contribution in [0, 0.1) is 18.3 Å². The van der Waals surface area contributed by atoms with E-state index in [0.29, 0.717) is 17.9 Å². The minimum Gasteiger partial charge on any atom is -0.396 e. The number of likely N-dealkylation sites (tertiary alicyclic amines) is 2. The van der Waals surface area contributed by atoms with Crippen LogP contribution in [-0.2, 0) is 20.1 Å². The van der Waals surface area contributed by atoms with Gasteiger partial charge in [0.1, 0.15) is 0 Å². The molecule has 0 aliphatic carbocycles. The molecule has 4 heterocycles. The van der Waals surface area contributed by atoms with Crippen molar-refractivity contribution < 1.29 is 5.11 Å². The van der Waals surface area contributed by atoms with Crippen molar-refractivity contribution >= 4 is 0 Å². The van der Waals surface area contributed by atoms with Crippen LogP contribution in [0.1, 0.15) is 36.1 Å². The number of aryl methyl sites for hydroxylation is 2. The molecule has 2 aliphatic heterocycles. The number of pyridine rings is 1. The molecular weight excluding hydrogens is 350 g/mol. The zero-order valence-corrected chi connectivity index (χ0v) is 17.2. The first kappa shape index (κ1) is 19.6. The third-order valence-corrected chi connectivity index (χ3v) is 6.98. The minimum absolute atomic E-state index is 0.297. The van der Waals surface area contributed by atoms with Gasteiger partial charge in [0.25, 0.3) is 0 Å². The fourth-order valence-corrected chi connectivity index (χ4v) is 5.19. The number of hydrogen-bond acceptors (Lipinski definition) is 5. The third kappa shape index (κ3) is 4.14. The lowest BCUT2D eigenvalue weighted by molar-refractivity contribution is -0.0450. The summed E-state index contributed by atoms with van der Waals surface area (Å²) >= 11 is 0. The molecule has 0 radical (unpaired) electrons. The van der Waals surface area contributed by atoms with Crippen LogP contribution in [0.5, 0.6) is 0 Å². The van der Waals surface area contributed by atoms with Gasteiger partial charge in [-0.1, -0.05) is 6.07 Å². The molecule has 2 fully saturated rings. The molecule has 28 heavy (non-hydrogen) atoms. The van der Waals surface area contributed by atoms with E-state index in [-0.39, 0.29) is 0 Å². The molecule has 152 valence electrons. The lowest BCUT2D eigenvalue weighted by Gasteiger charge is -2.51. The molecule has 0 saturated carbocycles. The van der Waals surface area contributed by atoms with E-state index >= 15 is 0 Å². The maximum Gasteiger partial charge on any atom is 0.0638 e. The van der Waals surface area contributed by atoms with Gasteiger partial charge in [-0.15, -0.1) is 0 Å². The standard InChI is InChI=1S/C22H33N5O/c1-18-20(14-25(2)24-18)15-27-11-7-22(21(16-27)17-28)5-9-26(10-6-22)13-19-4-3-8-23-12-19/h3-4,8,12,14,21,28H,5-7,9-11,13,15-17H2,1-2H3/t21-/m1/s1. The van der Waals surface area contributed by atoms with Gasteiger partial charge in [0.05, 0.1) is 5.69 Å². The van der Waals surface area contributed by atoms with Crippen molar-refractivity contribution in [1.82, 2.24) is 24.6 Å². The maximum atomic E-state index is 10.2. The van der Waals surface area contributed by atoms with Gasteiger partial charge in [-0.05, 0) is 62.9 Å². The Morgan fingerprint density at radius 3 is 2.50 bits per heavy atom. The van der Waals surface area contributed by atoms with Gasteiger partial charge in [0.15, 0.2) is 0 Å². The predicted molar refractivity (Wildman–Crippen MR) is 110 cm³/mol. The van der Waals surface area contributed by atoms with Crippen molar-refractivity contribution in [3.63, 3.8) is 0 Å². The highest BCUT2D eigenvalue weighted by atomic mass is 16.3. The predicted octanol–water partition coefficient (Wildman–Crippen LogP) is 2.22. The van der Waals surface area contributed by atoms with Gasteiger partial charge >= 0.3 is 0 Å². The molecule has 2 aliphatic rings. The third-order valence-electron chi connectivity index (χ3n) is 6.98. The molecule has 6 heteroatoms. The van der Waals surface area contributed by atoms with Crippen molar-refractivity contribution in [2.24, 2.45) is 18.4 Å². The summed E-state index contributed by atoms with van der Waals surface area (Å²) in [5.41, 5.74) is 4.02. The van der Waals surface area contributed by atoms with Crippen LogP contribution in [0.4, 0.5) is 0 Å². The summed E-state index contributed by atoms with van der Waals surface area (Å²) in [5.74, 6) is 0.374. The molecule has 2 aromatic heterocycles. The molecule has 0 aromatic carbocycles. The zero-order valence-electron chi connectivity index (χ0n) is 17.2. The molecule has 1 spiro atoms. The monoisotopic (exact) mass is 383 g/mol. The van der Waals surface area contributed by atoms with E-state index in [9.17, 15) is 5.11 Å². The quantitative estimate of drug-likeness (QED) is 0.858. The van der Waals surface area contributed by atoms with Crippen LogP contribution < -0.4 is 0 Å². The number of piperidine rings is 2. The summed E-state index contributed by atoms with van der Waals surface area (Å²) in [6, 6.07) is 4.18. The summed E-state index contributed by atoms with van der Waals surface area (Å²) in [7, 11) is 1.98. The zero-order chi connectivity index (χ0) is 19.6. The Balaban J connectivity index is 1.35. The van der Waals surface area contributed by atoms with E-state index in [1.165, 1.54) is 30.4 Å². The van der Waals surface area contributed by atoms with E-state index in [1.807, 2.05) is 30.2 Å². The highest BCUT2D eigenvalue weighted by Crippen LogP contribution is 2.45. The van der Waals surface area contributed by atoms with Gasteiger partial charge in [0.2, 0.25) is 0 Å². The molecule has 0 unspecified atom stereocenters. The summed E-state index contributed by atoms with van der Waals surface area (Å²) in [6.45, 7) is 8.66. The van der Waals surface area contributed by atoms with Crippen LogP contribution in [-0.4, -0.2) is 62.5 Å². The molecule has 1 N–H and O–H groups in total. The van der Waals surface area contributed by atoms with Crippen LogP contribution in [0.3, 0.4) is 0 Å². The fourth-order valence-electron chi connectivity index (χ4n) is 5.19. The topological polar surface area (TPSA) is 57.4 Å². The molecule has 0 amide bonds. The minimum atomic E-state index is 0.297. The Morgan fingerprint density at radius 1 is 1.14 bits per heavy atom. The Bertz CT molecular complexity index is 766. The van der Waals surface area contributed by atoms with Gasteiger partial charge in [-0.3, -0.25) is 19.5 Å². The molecule has 1 atom stereocenters. The number of rotatable bonds is 5. The Morgan fingerprint density at radius 2 is 1.89 bits per heavy atom. The van der Waals surface area contributed by atoms with E-state index in [1.54, 1.807) is 0 Å². The molecule has 2 saturated heterocycles. The molecular formula is C22H33N5O. The second-order valence-corrected chi connectivity index (χ2v) is 8.78. The highest BCUT2D eigenvalue weighted by molar-refractivity contribution is 5.15. The lowest BCUT2D eigenvalue weighted by atomic mass is 9.64. The van der Waals surface area contributed by atoms with E-state index in [2.05, 4.69) is 39.1 Å². The summed E-state index contributed by atoms with van der Waals surface area (Å²) in [4.78, 5) is 9.29. The first-order chi connectivity index (χ1) is 13.6. The first-order valence-electron chi connectivity index (χ1n) is 10.5. The average Bonchev–Trinajstić information content (AvgIpc) is 3.03. The summed E-state index contributed by atoms with van der Waals surface area (Å²) in [6.07, 6.45) is 9.51. The van der Waals surface area contributed by atoms with Crippen molar-refractivity contribution in [3.05, 3.63) is 47.5 Å². The summed E-state index contributed by atoms with van der Waals surface area (Å²) < 4.78 is 1.90. The van der Waals surface area contributed by atoms with Crippen LogP contribution in [0.15, 0.2) is 30.7 Å². The number of aliphatic hydroxyl groups excluding tert-OH is 1. The Kier molecular flexibility index (Phi) is 5.80. The Labute approximate surface area is 168 Å². The van der Waals surface area contributed by atoms with Crippen molar-refractivity contribution in [2.75, 3.05) is 32.8 Å². The normalized spacial score (nSPS) is 23.3. The highest BCUT2D eigenvalue weighted by Gasteiger charge is 2.44. The number of hydrogen-bond donors (Lipinski definition) is 1. The smallest absolute Gasteiger partial charge is 0.0638 e. The average molecular weight is 384 g/mol. The second-order valence-electron chi connectivity index (χ2n) is 8.78. The number of aliphatic hydroxyl groups is 1. The largest absolute Gasteiger partial charge is 0.396 e. The summed E-state index contributed by atoms with van der Waals surface area (Å²) in [5, 5.41) is 14.7. The van der Waals surface area contributed by atoms with E-state index in [4.69, 9.17) is 0 Å². The van der Waals surface area contributed by atoms with Gasteiger partial charge in [-0.2, -0.15) is 5.10 Å². The molecule has 4 rings (SSSR count). The van der Waals surface area contributed by atoms with E-state index in [0.717, 1.165) is 45.0 Å². The SMILES string of the molecule is Cc1nn(C)cc1CN1CCC2(CCN(Cc3cccnc3)CC2)[C@@H](CO)C1. The van der Waals surface area contributed by atoms with Crippen LogP contribution in [0.2, 0.25) is 0 Å². The van der Waals surface area contributed by atoms with Crippen LogP contribution >= 0.6 is 0 Å². The Hall–Kier alpha value is -1.76. The van der Waals surface area contributed by atoms with Crippen LogP contribution in [0.25, 0.3) is 0 Å². The van der Waals surface area contributed by atoms with E-state index < -0.39 is 0 Å². The maximum absolute atomic E-state index is 10.2. The van der Waals surface area contributed by atoms with Gasteiger partial charge in [-0.25, -0.2) is 0 Å². The van der Waals surface area contributed by atoms with Crippen molar-refractivity contribution in [2.45, 2.75) is 39.3 Å². The number of aromatic nitrogens is 3. The lowest BCUT2D eigenvalue weighted by Crippen LogP contribution is -2.53. The van der Waals surface area contributed by atoms with Gasteiger partial charge in [0, 0.05) is 63.4 Å². The van der Waals surface area contributed by atoms with Crippen molar-refractivity contribution in [3.8, 4) is 0 Å². The molecule has 0 bridgehead atoms. The molecule has 2 aromatic rings.